The van der Waals surface area contributed by atoms with Crippen LogP contribution >= 0.6 is 12.4 Å². The molecule has 2 aliphatic rings. The predicted octanol–water partition coefficient (Wildman–Crippen LogP) is 1.81. The Morgan fingerprint density at radius 2 is 2.17 bits per heavy atom. The maximum Gasteiger partial charge on any atom is 0.257 e. The lowest BCUT2D eigenvalue weighted by Gasteiger charge is -2.32. The second-order valence-electron chi connectivity index (χ2n) is 6.73. The van der Waals surface area contributed by atoms with Crippen LogP contribution in [0.5, 0.6) is 5.75 Å². The molecule has 0 bridgehead atoms. The van der Waals surface area contributed by atoms with Gasteiger partial charge in [0.2, 0.25) is 0 Å². The van der Waals surface area contributed by atoms with Crippen LogP contribution in [-0.2, 0) is 11.3 Å². The van der Waals surface area contributed by atoms with Crippen molar-refractivity contribution in [3.8, 4) is 5.75 Å². The lowest BCUT2D eigenvalue weighted by Crippen LogP contribution is -2.48. The van der Waals surface area contributed by atoms with E-state index in [0.717, 1.165) is 44.0 Å². The molecule has 1 atom stereocenters. The zero-order valence-electron chi connectivity index (χ0n) is 14.3. The second kappa shape index (κ2) is 9.25. The Balaban J connectivity index is 0.00000208. The fourth-order valence-corrected chi connectivity index (χ4v) is 2.95. The Labute approximate surface area is 150 Å². The van der Waals surface area contributed by atoms with Gasteiger partial charge in [-0.05, 0) is 31.7 Å². The van der Waals surface area contributed by atoms with E-state index in [9.17, 15) is 4.79 Å². The van der Waals surface area contributed by atoms with Gasteiger partial charge in [-0.1, -0.05) is 18.2 Å². The molecular formula is C18H28ClN3O2. The third kappa shape index (κ3) is 5.96. The Kier molecular flexibility index (Phi) is 7.34. The molecule has 2 fully saturated rings. The molecule has 24 heavy (non-hydrogen) atoms. The molecule has 1 aliphatic carbocycles. The minimum absolute atomic E-state index is 0. The first-order chi connectivity index (χ1) is 11.2. The maximum atomic E-state index is 11.8. The van der Waals surface area contributed by atoms with Crippen LogP contribution in [0, 0.1) is 5.92 Å². The Bertz CT molecular complexity index is 537. The number of carbonyl (C=O) groups excluding carboxylic acids is 1. The van der Waals surface area contributed by atoms with Crippen molar-refractivity contribution in [2.75, 3.05) is 32.8 Å². The van der Waals surface area contributed by atoms with Crippen molar-refractivity contribution in [2.45, 2.75) is 32.4 Å². The van der Waals surface area contributed by atoms with E-state index in [1.54, 1.807) is 0 Å². The molecule has 1 aromatic carbocycles. The van der Waals surface area contributed by atoms with Gasteiger partial charge in [0.1, 0.15) is 5.75 Å². The third-order valence-corrected chi connectivity index (χ3v) is 4.46. The smallest absolute Gasteiger partial charge is 0.257 e. The molecule has 2 N–H and O–H groups in total. The van der Waals surface area contributed by atoms with Crippen LogP contribution in [0.3, 0.4) is 0 Å². The number of benzene rings is 1. The van der Waals surface area contributed by atoms with E-state index in [1.165, 1.54) is 12.8 Å². The van der Waals surface area contributed by atoms with Crippen LogP contribution in [-0.4, -0.2) is 49.6 Å². The summed E-state index contributed by atoms with van der Waals surface area (Å²) in [6.07, 6.45) is 2.49. The van der Waals surface area contributed by atoms with Crippen molar-refractivity contribution in [1.82, 2.24) is 15.5 Å². The Hall–Kier alpha value is -1.30. The van der Waals surface area contributed by atoms with Gasteiger partial charge in [-0.2, -0.15) is 0 Å². The van der Waals surface area contributed by atoms with Crippen molar-refractivity contribution < 1.29 is 9.53 Å². The molecule has 0 radical (unpaired) electrons. The summed E-state index contributed by atoms with van der Waals surface area (Å²) < 4.78 is 5.77. The van der Waals surface area contributed by atoms with E-state index in [1.807, 2.05) is 18.2 Å². The zero-order valence-corrected chi connectivity index (χ0v) is 15.1. The van der Waals surface area contributed by atoms with Crippen LogP contribution in [0.1, 0.15) is 25.3 Å². The van der Waals surface area contributed by atoms with Gasteiger partial charge in [-0.3, -0.25) is 9.69 Å². The number of hydrogen-bond donors (Lipinski definition) is 2. The summed E-state index contributed by atoms with van der Waals surface area (Å²) in [4.78, 5) is 14.3. The minimum atomic E-state index is -0.0255. The quantitative estimate of drug-likeness (QED) is 0.785. The van der Waals surface area contributed by atoms with Crippen LogP contribution in [0.4, 0.5) is 0 Å². The largest absolute Gasteiger partial charge is 0.483 e. The predicted molar refractivity (Wildman–Crippen MR) is 97.7 cm³/mol. The van der Waals surface area contributed by atoms with Gasteiger partial charge in [0.15, 0.2) is 6.61 Å². The van der Waals surface area contributed by atoms with E-state index < -0.39 is 0 Å². The van der Waals surface area contributed by atoms with E-state index >= 15 is 0 Å². The topological polar surface area (TPSA) is 53.6 Å². The molecule has 1 heterocycles. The number of piperazine rings is 1. The molecule has 6 heteroatoms. The number of para-hydroxylation sites is 1. The average Bonchev–Trinajstić information content (AvgIpc) is 3.36. The van der Waals surface area contributed by atoms with Crippen LogP contribution in [0.25, 0.3) is 0 Å². The summed E-state index contributed by atoms with van der Waals surface area (Å²) in [6.45, 7) is 7.07. The van der Waals surface area contributed by atoms with Gasteiger partial charge >= 0.3 is 0 Å². The highest BCUT2D eigenvalue weighted by atomic mass is 35.5. The summed E-state index contributed by atoms with van der Waals surface area (Å²) >= 11 is 0. The van der Waals surface area contributed by atoms with Gasteiger partial charge in [-0.25, -0.2) is 0 Å². The van der Waals surface area contributed by atoms with E-state index in [4.69, 9.17) is 4.74 Å². The van der Waals surface area contributed by atoms with Crippen LogP contribution < -0.4 is 15.4 Å². The molecule has 5 nitrogen and oxygen atoms in total. The molecule has 1 aliphatic heterocycles. The van der Waals surface area contributed by atoms with Crippen molar-refractivity contribution >= 4 is 18.3 Å². The normalized spacial score (nSPS) is 21.0. The van der Waals surface area contributed by atoms with Gasteiger partial charge in [0, 0.05) is 44.3 Å². The number of ether oxygens (including phenoxy) is 1. The Morgan fingerprint density at radius 1 is 1.38 bits per heavy atom. The van der Waals surface area contributed by atoms with E-state index in [2.05, 4.69) is 28.5 Å². The summed E-state index contributed by atoms with van der Waals surface area (Å²) in [7, 11) is 0. The van der Waals surface area contributed by atoms with Gasteiger partial charge < -0.3 is 15.4 Å². The molecule has 3 rings (SSSR count). The van der Waals surface area contributed by atoms with Crippen molar-refractivity contribution in [3.63, 3.8) is 0 Å². The summed E-state index contributed by atoms with van der Waals surface area (Å²) in [5.74, 6) is 1.49. The minimum Gasteiger partial charge on any atom is -0.483 e. The molecule has 0 unspecified atom stereocenters. The number of nitrogens with one attached hydrogen (secondary N) is 2. The van der Waals surface area contributed by atoms with Crippen molar-refractivity contribution in [3.05, 3.63) is 29.8 Å². The first-order valence-electron chi connectivity index (χ1n) is 8.64. The first kappa shape index (κ1) is 19.0. The van der Waals surface area contributed by atoms with E-state index in [0.29, 0.717) is 12.0 Å². The van der Waals surface area contributed by atoms with Gasteiger partial charge in [0.05, 0.1) is 0 Å². The van der Waals surface area contributed by atoms with Gasteiger partial charge in [0.25, 0.3) is 5.91 Å². The highest BCUT2D eigenvalue weighted by molar-refractivity contribution is 5.85. The fraction of sp³-hybridized carbons (Fsp3) is 0.611. The summed E-state index contributed by atoms with van der Waals surface area (Å²) in [6, 6.07) is 8.55. The number of carbonyl (C=O) groups is 1. The first-order valence-corrected chi connectivity index (χ1v) is 8.64. The molecular weight excluding hydrogens is 326 g/mol. The SMILES string of the molecule is C[C@H]1CN(Cc2ccccc2OCC(=O)NCC2CC2)CCN1.Cl. The molecule has 134 valence electrons. The number of rotatable bonds is 7. The van der Waals surface area contributed by atoms with Crippen LogP contribution in [0.2, 0.25) is 0 Å². The molecule has 1 amide bonds. The third-order valence-electron chi connectivity index (χ3n) is 4.46. The van der Waals surface area contributed by atoms with Crippen molar-refractivity contribution in [2.24, 2.45) is 5.92 Å². The number of nitrogens with zero attached hydrogens (tertiary/aromatic N) is 1. The van der Waals surface area contributed by atoms with Gasteiger partial charge in [-0.15, -0.1) is 12.4 Å². The highest BCUT2D eigenvalue weighted by Crippen LogP contribution is 2.27. The molecule has 1 saturated heterocycles. The summed E-state index contributed by atoms with van der Waals surface area (Å²) in [5, 5.41) is 6.39. The average molecular weight is 354 g/mol. The highest BCUT2D eigenvalue weighted by Gasteiger charge is 2.22. The lowest BCUT2D eigenvalue weighted by molar-refractivity contribution is -0.123. The maximum absolute atomic E-state index is 11.8. The van der Waals surface area contributed by atoms with E-state index in [-0.39, 0.29) is 24.9 Å². The Morgan fingerprint density at radius 3 is 2.92 bits per heavy atom. The lowest BCUT2D eigenvalue weighted by atomic mass is 10.1. The molecule has 1 aromatic rings. The fourth-order valence-electron chi connectivity index (χ4n) is 2.95. The monoisotopic (exact) mass is 353 g/mol. The number of hydrogen-bond acceptors (Lipinski definition) is 4. The van der Waals surface area contributed by atoms with Crippen LogP contribution in [0.15, 0.2) is 24.3 Å². The molecule has 0 aromatic heterocycles. The second-order valence-corrected chi connectivity index (χ2v) is 6.73. The number of halogens is 1. The number of amides is 1. The summed E-state index contributed by atoms with van der Waals surface area (Å²) in [5.41, 5.74) is 1.15. The zero-order chi connectivity index (χ0) is 16.1. The molecule has 1 saturated carbocycles. The van der Waals surface area contributed by atoms with Crippen molar-refractivity contribution in [1.29, 1.82) is 0 Å². The molecule has 0 spiro atoms. The standard InChI is InChI=1S/C18H27N3O2.ClH/c1-14-11-21(9-8-19-14)12-16-4-2-3-5-17(16)23-13-18(22)20-10-15-6-7-15;/h2-5,14-15,19H,6-13H2,1H3,(H,20,22);1H/t14-;/m0./s1.